The summed E-state index contributed by atoms with van der Waals surface area (Å²) in [6, 6.07) is 0. The van der Waals surface area contributed by atoms with Gasteiger partial charge in [0.1, 0.15) is 0 Å². The van der Waals surface area contributed by atoms with Gasteiger partial charge in [0.15, 0.2) is 0 Å². The van der Waals surface area contributed by atoms with Crippen molar-refractivity contribution in [2.24, 2.45) is 5.41 Å². The predicted molar refractivity (Wildman–Crippen MR) is 61.2 cm³/mol. The second-order valence-corrected chi connectivity index (χ2v) is 6.14. The Morgan fingerprint density at radius 2 is 1.55 bits per heavy atom. The van der Waals surface area contributed by atoms with Crippen LogP contribution in [0.15, 0.2) is 0 Å². The van der Waals surface area contributed by atoms with E-state index in [0.29, 0.717) is 12.8 Å². The van der Waals surface area contributed by atoms with E-state index < -0.39 is 30.2 Å². The zero-order valence-electron chi connectivity index (χ0n) is 11.3. The van der Waals surface area contributed by atoms with Crippen LogP contribution in [0.2, 0.25) is 0 Å². The Balaban J connectivity index is 2.58. The van der Waals surface area contributed by atoms with Crippen LogP contribution in [0, 0.1) is 5.41 Å². The Labute approximate surface area is 113 Å². The van der Waals surface area contributed by atoms with Crippen molar-refractivity contribution < 1.29 is 31.9 Å². The first kappa shape index (κ1) is 17.1. The Morgan fingerprint density at radius 3 is 1.95 bits per heavy atom. The van der Waals surface area contributed by atoms with Crippen LogP contribution in [0.25, 0.3) is 0 Å². The number of halogens is 5. The van der Waals surface area contributed by atoms with E-state index in [0.717, 1.165) is 0 Å². The van der Waals surface area contributed by atoms with Gasteiger partial charge in [0, 0.05) is 6.54 Å². The number of carbonyl (C=O) groups excluding carboxylic acids is 1. The van der Waals surface area contributed by atoms with Gasteiger partial charge < -0.3 is 10.4 Å². The summed E-state index contributed by atoms with van der Waals surface area (Å²) in [5, 5.41) is 11.6. The van der Waals surface area contributed by atoms with E-state index in [4.69, 9.17) is 0 Å². The topological polar surface area (TPSA) is 49.3 Å². The molecule has 0 radical (unpaired) electrons. The van der Waals surface area contributed by atoms with Crippen LogP contribution in [-0.4, -0.2) is 35.3 Å². The molecule has 1 saturated carbocycles. The number of rotatable bonds is 3. The molecular weight excluding hydrogens is 285 g/mol. The van der Waals surface area contributed by atoms with Crippen molar-refractivity contribution in [3.05, 3.63) is 0 Å². The van der Waals surface area contributed by atoms with Gasteiger partial charge in [-0.15, -0.1) is 0 Å². The quantitative estimate of drug-likeness (QED) is 0.788. The van der Waals surface area contributed by atoms with Gasteiger partial charge in [0.05, 0.1) is 5.60 Å². The fourth-order valence-electron chi connectivity index (χ4n) is 2.05. The average Bonchev–Trinajstić information content (AvgIpc) is 2.29. The number of alkyl halides is 5. The molecular formula is C12H18F5NO2. The molecule has 1 aliphatic rings. The average molecular weight is 303 g/mol. The van der Waals surface area contributed by atoms with Gasteiger partial charge in [-0.1, -0.05) is 13.8 Å². The Hall–Kier alpha value is -0.920. The fourth-order valence-corrected chi connectivity index (χ4v) is 2.05. The maximum Gasteiger partial charge on any atom is 0.463 e. The fraction of sp³-hybridized carbons (Fsp3) is 0.917. The molecule has 0 aliphatic heterocycles. The van der Waals surface area contributed by atoms with Crippen LogP contribution in [0.3, 0.4) is 0 Å². The van der Waals surface area contributed by atoms with E-state index in [9.17, 15) is 31.9 Å². The molecule has 118 valence electrons. The van der Waals surface area contributed by atoms with Crippen molar-refractivity contribution in [1.29, 1.82) is 0 Å². The minimum absolute atomic E-state index is 0.00779. The summed E-state index contributed by atoms with van der Waals surface area (Å²) in [5.41, 5.74) is -1.43. The van der Waals surface area contributed by atoms with Crippen LogP contribution < -0.4 is 5.32 Å². The SMILES string of the molecule is CC1(C)CCC(O)(CNC(=O)C(F)(F)C(F)(F)F)CC1. The molecule has 0 bridgehead atoms. The number of carbonyl (C=O) groups is 1. The lowest BCUT2D eigenvalue weighted by Crippen LogP contribution is -2.54. The van der Waals surface area contributed by atoms with E-state index in [1.54, 1.807) is 0 Å². The standard InChI is InChI=1S/C12H18F5NO2/c1-9(2)3-5-10(20,6-4-9)7-18-8(19)11(13,14)12(15,16)17/h20H,3-7H2,1-2H3,(H,18,19). The first-order chi connectivity index (χ1) is 8.79. The number of amides is 1. The zero-order valence-corrected chi connectivity index (χ0v) is 11.3. The molecule has 0 unspecified atom stereocenters. The van der Waals surface area contributed by atoms with Gasteiger partial charge in [0.2, 0.25) is 0 Å². The second-order valence-electron chi connectivity index (χ2n) is 6.14. The predicted octanol–water partition coefficient (Wildman–Crippen LogP) is 2.63. The van der Waals surface area contributed by atoms with E-state index in [1.165, 1.54) is 5.32 Å². The maximum atomic E-state index is 12.7. The lowest BCUT2D eigenvalue weighted by Gasteiger charge is -2.40. The molecule has 1 rings (SSSR count). The molecule has 8 heteroatoms. The third kappa shape index (κ3) is 3.80. The third-order valence-corrected chi connectivity index (χ3v) is 3.75. The van der Waals surface area contributed by atoms with E-state index in [2.05, 4.69) is 0 Å². The number of nitrogens with one attached hydrogen (secondary N) is 1. The highest BCUT2D eigenvalue weighted by Crippen LogP contribution is 2.40. The molecule has 0 saturated heterocycles. The van der Waals surface area contributed by atoms with Crippen LogP contribution >= 0.6 is 0 Å². The summed E-state index contributed by atoms with van der Waals surface area (Å²) in [6.45, 7) is 3.35. The van der Waals surface area contributed by atoms with Crippen molar-refractivity contribution in [3.63, 3.8) is 0 Å². The van der Waals surface area contributed by atoms with Crippen molar-refractivity contribution in [3.8, 4) is 0 Å². The molecule has 1 aliphatic carbocycles. The molecule has 1 amide bonds. The second kappa shape index (κ2) is 5.13. The Kier molecular flexibility index (Phi) is 4.39. The molecule has 3 nitrogen and oxygen atoms in total. The summed E-state index contributed by atoms with van der Waals surface area (Å²) >= 11 is 0. The van der Waals surface area contributed by atoms with Gasteiger partial charge in [-0.2, -0.15) is 22.0 Å². The highest BCUT2D eigenvalue weighted by molar-refractivity contribution is 5.84. The molecule has 0 aromatic rings. The molecule has 1 fully saturated rings. The van der Waals surface area contributed by atoms with Gasteiger partial charge in [0.25, 0.3) is 5.91 Å². The Bertz CT molecular complexity index is 369. The third-order valence-electron chi connectivity index (χ3n) is 3.75. The van der Waals surface area contributed by atoms with Crippen LogP contribution in [0.4, 0.5) is 22.0 Å². The van der Waals surface area contributed by atoms with Crippen molar-refractivity contribution >= 4 is 5.91 Å². The van der Waals surface area contributed by atoms with Crippen molar-refractivity contribution in [2.75, 3.05) is 6.54 Å². The van der Waals surface area contributed by atoms with E-state index >= 15 is 0 Å². The summed E-state index contributed by atoms with van der Waals surface area (Å²) < 4.78 is 61.3. The molecule has 0 heterocycles. The summed E-state index contributed by atoms with van der Waals surface area (Å²) in [4.78, 5) is 10.9. The molecule has 20 heavy (non-hydrogen) atoms. The monoisotopic (exact) mass is 303 g/mol. The molecule has 0 spiro atoms. The normalized spacial score (nSPS) is 22.4. The van der Waals surface area contributed by atoms with Crippen LogP contribution in [0.5, 0.6) is 0 Å². The lowest BCUT2D eigenvalue weighted by molar-refractivity contribution is -0.270. The highest BCUT2D eigenvalue weighted by Gasteiger charge is 2.63. The van der Waals surface area contributed by atoms with Crippen molar-refractivity contribution in [2.45, 2.75) is 57.2 Å². The van der Waals surface area contributed by atoms with E-state index in [1.807, 2.05) is 13.8 Å². The molecule has 0 aromatic heterocycles. The first-order valence-corrected chi connectivity index (χ1v) is 6.24. The highest BCUT2D eigenvalue weighted by atomic mass is 19.4. The van der Waals surface area contributed by atoms with Gasteiger partial charge in [-0.05, 0) is 31.1 Å². The van der Waals surface area contributed by atoms with Crippen LogP contribution in [-0.2, 0) is 4.79 Å². The summed E-state index contributed by atoms with van der Waals surface area (Å²) in [7, 11) is 0. The number of aliphatic hydroxyl groups is 1. The molecule has 2 N–H and O–H groups in total. The minimum atomic E-state index is -5.94. The first-order valence-electron chi connectivity index (χ1n) is 6.24. The summed E-state index contributed by atoms with van der Waals surface area (Å²) in [5.74, 6) is -7.87. The van der Waals surface area contributed by atoms with Crippen molar-refractivity contribution in [1.82, 2.24) is 5.32 Å². The van der Waals surface area contributed by atoms with Gasteiger partial charge in [-0.3, -0.25) is 4.79 Å². The Morgan fingerprint density at radius 1 is 1.10 bits per heavy atom. The molecule has 0 atom stereocenters. The maximum absolute atomic E-state index is 12.7. The molecule has 0 aromatic carbocycles. The van der Waals surface area contributed by atoms with Crippen LogP contribution in [0.1, 0.15) is 39.5 Å². The minimum Gasteiger partial charge on any atom is -0.388 e. The zero-order chi connectivity index (χ0) is 15.8. The number of hydrogen-bond donors (Lipinski definition) is 2. The van der Waals surface area contributed by atoms with E-state index in [-0.39, 0.29) is 18.3 Å². The van der Waals surface area contributed by atoms with Gasteiger partial charge >= 0.3 is 12.1 Å². The smallest absolute Gasteiger partial charge is 0.388 e. The largest absolute Gasteiger partial charge is 0.463 e. The number of hydrogen-bond acceptors (Lipinski definition) is 2. The summed E-state index contributed by atoms with van der Waals surface area (Å²) in [6.07, 6.45) is -4.23. The lowest BCUT2D eigenvalue weighted by atomic mass is 9.71. The van der Waals surface area contributed by atoms with Gasteiger partial charge in [-0.25, -0.2) is 0 Å².